The van der Waals surface area contributed by atoms with Crippen molar-refractivity contribution in [1.29, 1.82) is 0 Å². The van der Waals surface area contributed by atoms with Gasteiger partial charge in [-0.2, -0.15) is 0 Å². The van der Waals surface area contributed by atoms with E-state index < -0.39 is 0 Å². The molecule has 2 N–H and O–H groups in total. The molecule has 0 aliphatic carbocycles. The van der Waals surface area contributed by atoms with Crippen molar-refractivity contribution in [3.8, 4) is 0 Å². The fraction of sp³-hybridized carbons (Fsp3) is 0.917. The molecular weight excluding hydrogens is 240 g/mol. The number of carbonyl (C=O) groups excluding carboxylic acids is 1. The van der Waals surface area contributed by atoms with Gasteiger partial charge in [-0.25, -0.2) is 0 Å². The van der Waals surface area contributed by atoms with Crippen LogP contribution < -0.4 is 10.6 Å². The van der Waals surface area contributed by atoms with Crippen LogP contribution >= 0.6 is 12.4 Å². The molecule has 0 aliphatic rings. The predicted molar refractivity (Wildman–Crippen MR) is 73.6 cm³/mol. The second kappa shape index (κ2) is 12.1. The van der Waals surface area contributed by atoms with E-state index in [0.717, 1.165) is 13.1 Å². The molecule has 0 fully saturated rings. The van der Waals surface area contributed by atoms with Gasteiger partial charge < -0.3 is 15.4 Å². The lowest BCUT2D eigenvalue weighted by atomic mass is 9.94. The zero-order chi connectivity index (χ0) is 12.4. The zero-order valence-corrected chi connectivity index (χ0v) is 12.2. The Balaban J connectivity index is 0. The van der Waals surface area contributed by atoms with Gasteiger partial charge in [-0.15, -0.1) is 12.4 Å². The lowest BCUT2D eigenvalue weighted by Crippen LogP contribution is -2.34. The van der Waals surface area contributed by atoms with Crippen LogP contribution in [-0.2, 0) is 9.53 Å². The molecule has 5 heteroatoms. The summed E-state index contributed by atoms with van der Waals surface area (Å²) in [6.07, 6.45) is 0.621. The van der Waals surface area contributed by atoms with Crippen LogP contribution in [0.4, 0.5) is 0 Å². The largest absolute Gasteiger partial charge is 0.383 e. The topological polar surface area (TPSA) is 50.4 Å². The molecule has 0 heterocycles. The highest BCUT2D eigenvalue weighted by atomic mass is 35.5. The first kappa shape index (κ1) is 19.0. The molecule has 0 saturated carbocycles. The standard InChI is InChI=1S/C12H26N2O2.ClH/c1-10(2)11(3)9-12(15)14-6-5-13-7-8-16-4;/h10-11,13H,5-9H2,1-4H3,(H,14,15);1H. The Morgan fingerprint density at radius 3 is 2.35 bits per heavy atom. The Labute approximate surface area is 111 Å². The average molecular weight is 267 g/mol. The van der Waals surface area contributed by atoms with Crippen LogP contribution in [0.5, 0.6) is 0 Å². The van der Waals surface area contributed by atoms with Gasteiger partial charge in [-0.05, 0) is 11.8 Å². The fourth-order valence-corrected chi connectivity index (χ4v) is 1.19. The summed E-state index contributed by atoms with van der Waals surface area (Å²) in [5.41, 5.74) is 0. The van der Waals surface area contributed by atoms with Crippen molar-refractivity contribution in [1.82, 2.24) is 10.6 Å². The van der Waals surface area contributed by atoms with Crippen molar-refractivity contribution in [3.05, 3.63) is 0 Å². The van der Waals surface area contributed by atoms with Gasteiger partial charge in [0.2, 0.25) is 5.91 Å². The molecule has 1 unspecified atom stereocenters. The van der Waals surface area contributed by atoms with Gasteiger partial charge in [0.15, 0.2) is 0 Å². The summed E-state index contributed by atoms with van der Waals surface area (Å²) in [6, 6.07) is 0. The van der Waals surface area contributed by atoms with Crippen molar-refractivity contribution in [2.45, 2.75) is 27.2 Å². The molecule has 17 heavy (non-hydrogen) atoms. The van der Waals surface area contributed by atoms with Gasteiger partial charge in [0.05, 0.1) is 6.61 Å². The summed E-state index contributed by atoms with van der Waals surface area (Å²) < 4.78 is 4.90. The number of rotatable bonds is 9. The third-order valence-corrected chi connectivity index (χ3v) is 2.75. The SMILES string of the molecule is COCCNCCNC(=O)CC(C)C(C)C.Cl. The number of amides is 1. The molecule has 0 radical (unpaired) electrons. The Bertz CT molecular complexity index is 189. The summed E-state index contributed by atoms with van der Waals surface area (Å²) in [5, 5.41) is 6.08. The number of hydrogen-bond donors (Lipinski definition) is 2. The second-order valence-corrected chi connectivity index (χ2v) is 4.52. The number of carbonyl (C=O) groups is 1. The van der Waals surface area contributed by atoms with Crippen LogP contribution in [0.25, 0.3) is 0 Å². The molecule has 0 aromatic heterocycles. The fourth-order valence-electron chi connectivity index (χ4n) is 1.19. The highest BCUT2D eigenvalue weighted by molar-refractivity contribution is 5.85. The lowest BCUT2D eigenvalue weighted by molar-refractivity contribution is -0.122. The molecule has 0 aliphatic heterocycles. The van der Waals surface area contributed by atoms with E-state index >= 15 is 0 Å². The van der Waals surface area contributed by atoms with Gasteiger partial charge in [-0.3, -0.25) is 4.79 Å². The average Bonchev–Trinajstić information content (AvgIpc) is 2.23. The third kappa shape index (κ3) is 11.9. The maximum absolute atomic E-state index is 11.5. The first-order valence-corrected chi connectivity index (χ1v) is 6.04. The van der Waals surface area contributed by atoms with E-state index in [0.29, 0.717) is 31.4 Å². The molecule has 0 rings (SSSR count). The molecule has 1 amide bonds. The van der Waals surface area contributed by atoms with Crippen LogP contribution in [0.2, 0.25) is 0 Å². The van der Waals surface area contributed by atoms with Crippen LogP contribution in [0, 0.1) is 11.8 Å². The van der Waals surface area contributed by atoms with Crippen LogP contribution in [0.15, 0.2) is 0 Å². The molecule has 0 aromatic rings. The number of methoxy groups -OCH3 is 1. The quantitative estimate of drug-likeness (QED) is 0.621. The minimum absolute atomic E-state index is 0. The second-order valence-electron chi connectivity index (χ2n) is 4.52. The molecule has 104 valence electrons. The van der Waals surface area contributed by atoms with Crippen molar-refractivity contribution in [2.24, 2.45) is 11.8 Å². The molecule has 0 bridgehead atoms. The van der Waals surface area contributed by atoms with Gasteiger partial charge in [0.25, 0.3) is 0 Å². The molecule has 0 saturated heterocycles. The highest BCUT2D eigenvalue weighted by Crippen LogP contribution is 2.13. The van der Waals surface area contributed by atoms with Crippen molar-refractivity contribution in [3.63, 3.8) is 0 Å². The Kier molecular flexibility index (Phi) is 13.6. The summed E-state index contributed by atoms with van der Waals surface area (Å²) in [7, 11) is 1.68. The summed E-state index contributed by atoms with van der Waals surface area (Å²) in [6.45, 7) is 9.42. The van der Waals surface area contributed by atoms with Crippen LogP contribution in [0.1, 0.15) is 27.2 Å². The smallest absolute Gasteiger partial charge is 0.220 e. The van der Waals surface area contributed by atoms with Crippen LogP contribution in [0.3, 0.4) is 0 Å². The number of nitrogens with one attached hydrogen (secondary N) is 2. The maximum atomic E-state index is 11.5. The summed E-state index contributed by atoms with van der Waals surface area (Å²) in [5.74, 6) is 1.15. The van der Waals surface area contributed by atoms with E-state index in [4.69, 9.17) is 4.74 Å². The Hall–Kier alpha value is -0.320. The number of ether oxygens (including phenoxy) is 1. The minimum Gasteiger partial charge on any atom is -0.383 e. The van der Waals surface area contributed by atoms with Crippen LogP contribution in [-0.4, -0.2) is 39.3 Å². The first-order chi connectivity index (χ1) is 7.57. The van der Waals surface area contributed by atoms with Crippen molar-refractivity contribution >= 4 is 18.3 Å². The maximum Gasteiger partial charge on any atom is 0.220 e. The van der Waals surface area contributed by atoms with E-state index in [2.05, 4.69) is 31.4 Å². The molecule has 1 atom stereocenters. The van der Waals surface area contributed by atoms with E-state index in [9.17, 15) is 4.79 Å². The van der Waals surface area contributed by atoms with E-state index in [1.54, 1.807) is 7.11 Å². The molecule has 0 spiro atoms. The molecule has 0 aromatic carbocycles. The first-order valence-electron chi connectivity index (χ1n) is 6.04. The summed E-state index contributed by atoms with van der Waals surface area (Å²) >= 11 is 0. The minimum atomic E-state index is 0. The predicted octanol–water partition coefficient (Wildman–Crippen LogP) is 1.44. The zero-order valence-electron chi connectivity index (χ0n) is 11.4. The molecule has 4 nitrogen and oxygen atoms in total. The van der Waals surface area contributed by atoms with Gasteiger partial charge in [0.1, 0.15) is 0 Å². The lowest BCUT2D eigenvalue weighted by Gasteiger charge is -2.14. The van der Waals surface area contributed by atoms with Gasteiger partial charge in [-0.1, -0.05) is 20.8 Å². The summed E-state index contributed by atoms with van der Waals surface area (Å²) in [4.78, 5) is 11.5. The number of halogens is 1. The Morgan fingerprint density at radius 2 is 1.82 bits per heavy atom. The van der Waals surface area contributed by atoms with E-state index in [-0.39, 0.29) is 18.3 Å². The van der Waals surface area contributed by atoms with Gasteiger partial charge >= 0.3 is 0 Å². The third-order valence-electron chi connectivity index (χ3n) is 2.75. The van der Waals surface area contributed by atoms with Crippen molar-refractivity contribution in [2.75, 3.05) is 33.4 Å². The van der Waals surface area contributed by atoms with Gasteiger partial charge in [0, 0.05) is 33.2 Å². The number of hydrogen-bond acceptors (Lipinski definition) is 3. The normalized spacial score (nSPS) is 12.1. The Morgan fingerprint density at radius 1 is 1.18 bits per heavy atom. The highest BCUT2D eigenvalue weighted by Gasteiger charge is 2.11. The van der Waals surface area contributed by atoms with Crippen molar-refractivity contribution < 1.29 is 9.53 Å². The van der Waals surface area contributed by atoms with E-state index in [1.807, 2.05) is 0 Å². The molecular formula is C12H27ClN2O2. The monoisotopic (exact) mass is 266 g/mol. The van der Waals surface area contributed by atoms with E-state index in [1.165, 1.54) is 0 Å².